The fourth-order valence-corrected chi connectivity index (χ4v) is 2.92. The van der Waals surface area contributed by atoms with E-state index >= 15 is 0 Å². The van der Waals surface area contributed by atoms with Gasteiger partial charge in [0.05, 0.1) is 17.7 Å². The Balaban J connectivity index is 1.70. The molecule has 1 atom stereocenters. The molecule has 1 N–H and O–H groups in total. The highest BCUT2D eigenvalue weighted by Gasteiger charge is 2.32. The first-order chi connectivity index (χ1) is 9.24. The van der Waals surface area contributed by atoms with Crippen molar-refractivity contribution in [2.75, 3.05) is 11.6 Å². The lowest BCUT2D eigenvalue weighted by Gasteiger charge is -2.12. The third kappa shape index (κ3) is 2.52. The number of thiophene rings is 1. The molecule has 5 heteroatoms. The van der Waals surface area contributed by atoms with E-state index in [0.29, 0.717) is 13.1 Å². The summed E-state index contributed by atoms with van der Waals surface area (Å²) in [6.07, 6.45) is 0.584. The van der Waals surface area contributed by atoms with Gasteiger partial charge in [-0.05, 0) is 41.6 Å². The van der Waals surface area contributed by atoms with Gasteiger partial charge in [-0.15, -0.1) is 11.3 Å². The van der Waals surface area contributed by atoms with Gasteiger partial charge in [0, 0.05) is 0 Å². The Kier molecular flexibility index (Phi) is 3.31. The minimum atomic E-state index is -0.255. The molecule has 0 bridgehead atoms. The molecule has 1 aliphatic heterocycles. The van der Waals surface area contributed by atoms with E-state index in [9.17, 15) is 9.18 Å². The minimum absolute atomic E-state index is 0.0757. The summed E-state index contributed by atoms with van der Waals surface area (Å²) in [6, 6.07) is 9.92. The van der Waals surface area contributed by atoms with Crippen molar-refractivity contribution in [1.29, 1.82) is 0 Å². The monoisotopic (exact) mass is 276 g/mol. The molecule has 0 spiro atoms. The second kappa shape index (κ2) is 5.11. The lowest BCUT2D eigenvalue weighted by atomic mass is 10.1. The molecule has 98 valence electrons. The number of halogens is 1. The number of carbonyl (C=O) groups excluding carboxylic acids is 1. The lowest BCUT2D eigenvalue weighted by molar-refractivity contribution is -0.118. The van der Waals surface area contributed by atoms with E-state index in [2.05, 4.69) is 5.32 Å². The number of nitrogens with one attached hydrogen (secondary N) is 1. The first-order valence-corrected chi connectivity index (χ1v) is 6.95. The molecule has 0 aliphatic carbocycles. The summed E-state index contributed by atoms with van der Waals surface area (Å²) in [4.78, 5) is 14.0. The van der Waals surface area contributed by atoms with Crippen molar-refractivity contribution in [2.45, 2.75) is 12.5 Å². The van der Waals surface area contributed by atoms with E-state index in [0.717, 1.165) is 10.6 Å². The van der Waals surface area contributed by atoms with Gasteiger partial charge in [-0.1, -0.05) is 12.1 Å². The zero-order valence-electron chi connectivity index (χ0n) is 10.2. The van der Waals surface area contributed by atoms with Gasteiger partial charge in [-0.25, -0.2) is 4.39 Å². The predicted molar refractivity (Wildman–Crippen MR) is 73.7 cm³/mol. The summed E-state index contributed by atoms with van der Waals surface area (Å²) >= 11 is 1.55. The standard InChI is InChI=1S/C14H13FN2OS/c15-11-5-3-10(4-6-11)8-12-14(18)17(9-16-12)13-2-1-7-19-13/h1-7,12,16H,8-9H2. The van der Waals surface area contributed by atoms with Crippen molar-refractivity contribution < 1.29 is 9.18 Å². The van der Waals surface area contributed by atoms with Crippen molar-refractivity contribution in [3.63, 3.8) is 0 Å². The summed E-state index contributed by atoms with van der Waals surface area (Å²) in [5, 5.41) is 6.11. The fraction of sp³-hybridized carbons (Fsp3) is 0.214. The zero-order chi connectivity index (χ0) is 13.2. The van der Waals surface area contributed by atoms with Crippen LogP contribution in [-0.4, -0.2) is 18.6 Å². The molecule has 3 nitrogen and oxygen atoms in total. The Bertz CT molecular complexity index is 568. The normalized spacial score (nSPS) is 19.1. The van der Waals surface area contributed by atoms with E-state index < -0.39 is 0 Å². The molecular weight excluding hydrogens is 263 g/mol. The summed E-state index contributed by atoms with van der Waals surface area (Å²) in [5.74, 6) is -0.179. The maximum Gasteiger partial charge on any atom is 0.246 e. The minimum Gasteiger partial charge on any atom is -0.289 e. The largest absolute Gasteiger partial charge is 0.289 e. The van der Waals surface area contributed by atoms with E-state index in [1.165, 1.54) is 12.1 Å². The average Bonchev–Trinajstić information content (AvgIpc) is 3.03. The number of hydrogen-bond donors (Lipinski definition) is 1. The van der Waals surface area contributed by atoms with Crippen LogP contribution in [-0.2, 0) is 11.2 Å². The summed E-state index contributed by atoms with van der Waals surface area (Å²) in [6.45, 7) is 0.533. The van der Waals surface area contributed by atoms with Crippen LogP contribution in [0.5, 0.6) is 0 Å². The number of amides is 1. The van der Waals surface area contributed by atoms with Gasteiger partial charge in [0.1, 0.15) is 5.82 Å². The maximum absolute atomic E-state index is 12.8. The van der Waals surface area contributed by atoms with Crippen molar-refractivity contribution in [2.24, 2.45) is 0 Å². The van der Waals surface area contributed by atoms with Gasteiger partial charge in [0.15, 0.2) is 0 Å². The summed E-state index contributed by atoms with van der Waals surface area (Å²) < 4.78 is 12.8. The van der Waals surface area contributed by atoms with Crippen LogP contribution >= 0.6 is 11.3 Å². The number of benzene rings is 1. The molecule has 1 fully saturated rings. The van der Waals surface area contributed by atoms with Crippen molar-refractivity contribution in [1.82, 2.24) is 5.32 Å². The summed E-state index contributed by atoms with van der Waals surface area (Å²) in [5.41, 5.74) is 0.959. The van der Waals surface area contributed by atoms with E-state index in [1.54, 1.807) is 28.4 Å². The second-order valence-corrected chi connectivity index (χ2v) is 5.39. The Morgan fingerprint density at radius 1 is 1.32 bits per heavy atom. The SMILES string of the molecule is O=C1C(Cc2ccc(F)cc2)NCN1c1cccs1. The van der Waals surface area contributed by atoms with Gasteiger partial charge in [0.25, 0.3) is 0 Å². The maximum atomic E-state index is 12.8. The third-order valence-corrected chi connectivity index (χ3v) is 4.08. The van der Waals surface area contributed by atoms with Gasteiger partial charge in [-0.2, -0.15) is 0 Å². The number of anilines is 1. The molecule has 1 unspecified atom stereocenters. The smallest absolute Gasteiger partial charge is 0.246 e. The second-order valence-electron chi connectivity index (χ2n) is 4.46. The van der Waals surface area contributed by atoms with E-state index in [-0.39, 0.29) is 17.8 Å². The van der Waals surface area contributed by atoms with E-state index in [4.69, 9.17) is 0 Å². The van der Waals surface area contributed by atoms with Gasteiger partial charge < -0.3 is 0 Å². The highest BCUT2D eigenvalue weighted by atomic mass is 32.1. The lowest BCUT2D eigenvalue weighted by Crippen LogP contribution is -2.32. The first-order valence-electron chi connectivity index (χ1n) is 6.07. The molecule has 1 aromatic heterocycles. The van der Waals surface area contributed by atoms with Crippen LogP contribution in [0.1, 0.15) is 5.56 Å². The molecular formula is C14H13FN2OS. The molecule has 1 aliphatic rings. The fourth-order valence-electron chi connectivity index (χ4n) is 2.18. The number of hydrogen-bond acceptors (Lipinski definition) is 3. The molecule has 0 radical (unpaired) electrons. The molecule has 2 heterocycles. The molecule has 1 aromatic carbocycles. The third-order valence-electron chi connectivity index (χ3n) is 3.19. The quantitative estimate of drug-likeness (QED) is 0.933. The van der Waals surface area contributed by atoms with Crippen LogP contribution in [0.3, 0.4) is 0 Å². The van der Waals surface area contributed by atoms with Crippen LogP contribution < -0.4 is 10.2 Å². The number of nitrogens with zero attached hydrogens (tertiary/aromatic N) is 1. The molecule has 0 saturated carbocycles. The highest BCUT2D eigenvalue weighted by molar-refractivity contribution is 7.14. The number of rotatable bonds is 3. The van der Waals surface area contributed by atoms with Crippen LogP contribution in [0.15, 0.2) is 41.8 Å². The molecule has 2 aromatic rings. The Morgan fingerprint density at radius 3 is 2.79 bits per heavy atom. The van der Waals surface area contributed by atoms with Gasteiger partial charge in [0.2, 0.25) is 5.91 Å². The number of carbonyl (C=O) groups is 1. The predicted octanol–water partition coefficient (Wildman–Crippen LogP) is 2.39. The Labute approximate surface area is 114 Å². The topological polar surface area (TPSA) is 32.3 Å². The van der Waals surface area contributed by atoms with E-state index in [1.807, 2.05) is 17.5 Å². The van der Waals surface area contributed by atoms with Crippen LogP contribution in [0.25, 0.3) is 0 Å². The summed E-state index contributed by atoms with van der Waals surface area (Å²) in [7, 11) is 0. The van der Waals surface area contributed by atoms with Gasteiger partial charge >= 0.3 is 0 Å². The molecule has 1 amide bonds. The Morgan fingerprint density at radius 2 is 2.11 bits per heavy atom. The van der Waals surface area contributed by atoms with Crippen LogP contribution in [0.4, 0.5) is 9.39 Å². The first kappa shape index (κ1) is 12.3. The molecule has 1 saturated heterocycles. The van der Waals surface area contributed by atoms with Gasteiger partial charge in [-0.3, -0.25) is 15.0 Å². The molecule has 19 heavy (non-hydrogen) atoms. The van der Waals surface area contributed by atoms with Crippen LogP contribution in [0, 0.1) is 5.82 Å². The average molecular weight is 276 g/mol. The Hall–Kier alpha value is -1.72. The van der Waals surface area contributed by atoms with Crippen molar-refractivity contribution in [3.8, 4) is 0 Å². The van der Waals surface area contributed by atoms with Crippen molar-refractivity contribution >= 4 is 22.2 Å². The van der Waals surface area contributed by atoms with Crippen LogP contribution in [0.2, 0.25) is 0 Å². The highest BCUT2D eigenvalue weighted by Crippen LogP contribution is 2.24. The molecule has 3 rings (SSSR count). The van der Waals surface area contributed by atoms with Crippen molar-refractivity contribution in [3.05, 3.63) is 53.2 Å². The zero-order valence-corrected chi connectivity index (χ0v) is 11.0.